The summed E-state index contributed by atoms with van der Waals surface area (Å²) in [5, 5.41) is 20.3. The summed E-state index contributed by atoms with van der Waals surface area (Å²) in [5.74, 6) is -1.45. The number of amides is 1. The van der Waals surface area contributed by atoms with E-state index in [1.54, 1.807) is 60.7 Å². The fourth-order valence-electron chi connectivity index (χ4n) is 4.51. The van der Waals surface area contributed by atoms with Gasteiger partial charge in [0.25, 0.3) is 5.91 Å². The van der Waals surface area contributed by atoms with Gasteiger partial charge in [0.2, 0.25) is 10.9 Å². The highest BCUT2D eigenvalue weighted by Crippen LogP contribution is 2.44. The van der Waals surface area contributed by atoms with Crippen molar-refractivity contribution in [3.8, 4) is 5.75 Å². The lowest BCUT2D eigenvalue weighted by molar-refractivity contribution is -0.117. The van der Waals surface area contributed by atoms with E-state index in [1.807, 2.05) is 6.07 Å². The average molecular weight is 574 g/mol. The molecule has 2 aromatic heterocycles. The minimum absolute atomic E-state index is 0.0376. The fourth-order valence-corrected chi connectivity index (χ4v) is 6.33. The van der Waals surface area contributed by atoms with Gasteiger partial charge in [-0.25, -0.2) is 4.39 Å². The first-order chi connectivity index (χ1) is 19.4. The van der Waals surface area contributed by atoms with E-state index in [9.17, 15) is 19.1 Å². The molecule has 40 heavy (non-hydrogen) atoms. The van der Waals surface area contributed by atoms with E-state index >= 15 is 0 Å². The number of carbonyl (C=O) groups excluding carboxylic acids is 2. The maximum Gasteiger partial charge on any atom is 0.296 e. The number of aromatic nitrogens is 2. The van der Waals surface area contributed by atoms with E-state index in [2.05, 4.69) is 10.2 Å². The number of aliphatic hydroxyl groups is 1. The first kappa shape index (κ1) is 25.8. The predicted molar refractivity (Wildman–Crippen MR) is 149 cm³/mol. The minimum Gasteiger partial charge on any atom is -0.503 e. The van der Waals surface area contributed by atoms with Crippen LogP contribution in [0, 0.1) is 5.82 Å². The smallest absolute Gasteiger partial charge is 0.296 e. The van der Waals surface area contributed by atoms with Gasteiger partial charge in [-0.15, -0.1) is 10.2 Å². The molecule has 0 radical (unpaired) electrons. The van der Waals surface area contributed by atoms with Crippen LogP contribution in [0.4, 0.5) is 9.52 Å². The van der Waals surface area contributed by atoms with Crippen LogP contribution in [0.25, 0.3) is 11.0 Å². The van der Waals surface area contributed by atoms with E-state index in [-0.39, 0.29) is 22.3 Å². The standard InChI is InChI=1S/C29H20FN3O5S2/c1-37-20-9-5-8-18-14-21(38-26(18)20)24(34)22-23(17-6-3-2-4-7-17)33(27(36)25(22)35)28-31-32-29(40-28)39-15-16-10-12-19(30)13-11-16/h2-14,23,35H,15H2,1H3. The largest absolute Gasteiger partial charge is 0.503 e. The van der Waals surface area contributed by atoms with Crippen molar-refractivity contribution in [1.82, 2.24) is 10.2 Å². The van der Waals surface area contributed by atoms with Gasteiger partial charge in [0.05, 0.1) is 18.7 Å². The Morgan fingerprint density at radius 1 is 1.10 bits per heavy atom. The van der Waals surface area contributed by atoms with E-state index in [1.165, 1.54) is 35.9 Å². The fraction of sp³-hybridized carbons (Fsp3) is 0.103. The van der Waals surface area contributed by atoms with Gasteiger partial charge in [0.1, 0.15) is 5.82 Å². The first-order valence-electron chi connectivity index (χ1n) is 12.1. The molecule has 3 heterocycles. The Hall–Kier alpha value is -4.48. The number of ketones is 1. The minimum atomic E-state index is -0.959. The number of para-hydroxylation sites is 1. The van der Waals surface area contributed by atoms with Gasteiger partial charge in [-0.3, -0.25) is 14.5 Å². The van der Waals surface area contributed by atoms with E-state index < -0.39 is 23.5 Å². The number of hydrogen-bond donors (Lipinski definition) is 1. The molecule has 6 rings (SSSR count). The van der Waals surface area contributed by atoms with Crippen LogP contribution in [0.15, 0.2) is 99.0 Å². The highest BCUT2D eigenvalue weighted by atomic mass is 32.2. The molecule has 5 aromatic rings. The van der Waals surface area contributed by atoms with Gasteiger partial charge in [0.15, 0.2) is 27.2 Å². The van der Waals surface area contributed by atoms with Crippen LogP contribution >= 0.6 is 23.1 Å². The molecule has 0 fully saturated rings. The van der Waals surface area contributed by atoms with Crippen LogP contribution in [-0.2, 0) is 10.5 Å². The Morgan fingerprint density at radius 3 is 2.62 bits per heavy atom. The number of furan rings is 1. The van der Waals surface area contributed by atoms with Crippen molar-refractivity contribution >= 4 is 50.9 Å². The zero-order valence-electron chi connectivity index (χ0n) is 20.9. The van der Waals surface area contributed by atoms with Crippen molar-refractivity contribution in [3.63, 3.8) is 0 Å². The molecule has 0 saturated carbocycles. The third-order valence-electron chi connectivity index (χ3n) is 6.40. The zero-order valence-corrected chi connectivity index (χ0v) is 22.5. The molecule has 1 aliphatic rings. The molecule has 0 bridgehead atoms. The van der Waals surface area contributed by atoms with E-state index in [0.717, 1.165) is 16.9 Å². The third kappa shape index (κ3) is 4.63. The molecule has 1 aliphatic heterocycles. The molecule has 0 spiro atoms. The highest BCUT2D eigenvalue weighted by molar-refractivity contribution is 8.00. The highest BCUT2D eigenvalue weighted by Gasteiger charge is 2.46. The number of carbonyl (C=O) groups is 2. The molecule has 0 saturated heterocycles. The number of nitrogens with zero attached hydrogens (tertiary/aromatic N) is 3. The molecule has 1 amide bonds. The van der Waals surface area contributed by atoms with Crippen LogP contribution in [0.2, 0.25) is 0 Å². The lowest BCUT2D eigenvalue weighted by atomic mass is 9.95. The Morgan fingerprint density at radius 2 is 1.88 bits per heavy atom. The Kier molecular flexibility index (Phi) is 6.82. The number of halogens is 1. The second-order valence-electron chi connectivity index (χ2n) is 8.83. The summed E-state index contributed by atoms with van der Waals surface area (Å²) >= 11 is 2.54. The molecule has 3 aromatic carbocycles. The zero-order chi connectivity index (χ0) is 27.8. The number of hydrogen-bond acceptors (Lipinski definition) is 9. The second kappa shape index (κ2) is 10.6. The SMILES string of the molecule is COc1cccc2cc(C(=O)C3=C(O)C(=O)N(c4nnc(SCc5ccc(F)cc5)s4)C3c3ccccc3)oc12. The molecule has 8 nitrogen and oxygen atoms in total. The number of aliphatic hydroxyl groups excluding tert-OH is 1. The van der Waals surface area contributed by atoms with Crippen molar-refractivity contribution in [2.24, 2.45) is 0 Å². The molecular weight excluding hydrogens is 553 g/mol. The number of rotatable bonds is 8. The summed E-state index contributed by atoms with van der Waals surface area (Å²) in [7, 11) is 1.50. The number of thioether (sulfide) groups is 1. The van der Waals surface area contributed by atoms with E-state index in [4.69, 9.17) is 9.15 Å². The van der Waals surface area contributed by atoms with Crippen LogP contribution in [0.5, 0.6) is 5.75 Å². The molecule has 11 heteroatoms. The maximum absolute atomic E-state index is 13.8. The van der Waals surface area contributed by atoms with Gasteiger partial charge in [0, 0.05) is 11.1 Å². The van der Waals surface area contributed by atoms with Crippen LogP contribution < -0.4 is 9.64 Å². The molecule has 1 atom stereocenters. The lowest BCUT2D eigenvalue weighted by Gasteiger charge is -2.23. The van der Waals surface area contributed by atoms with Crippen molar-refractivity contribution in [2.75, 3.05) is 12.0 Å². The van der Waals surface area contributed by atoms with Gasteiger partial charge in [-0.05, 0) is 35.4 Å². The van der Waals surface area contributed by atoms with E-state index in [0.29, 0.717) is 32.4 Å². The number of anilines is 1. The predicted octanol–water partition coefficient (Wildman–Crippen LogP) is 6.51. The molecule has 0 aliphatic carbocycles. The summed E-state index contributed by atoms with van der Waals surface area (Å²) in [6.45, 7) is 0. The summed E-state index contributed by atoms with van der Waals surface area (Å²) < 4.78 is 25.0. The summed E-state index contributed by atoms with van der Waals surface area (Å²) in [4.78, 5) is 28.5. The van der Waals surface area contributed by atoms with Gasteiger partial charge < -0.3 is 14.3 Å². The number of ether oxygens (including phenoxy) is 1. The summed E-state index contributed by atoms with van der Waals surface area (Å²) in [6, 6.07) is 20.9. The molecule has 1 N–H and O–H groups in total. The first-order valence-corrected chi connectivity index (χ1v) is 13.9. The topological polar surface area (TPSA) is 106 Å². The average Bonchev–Trinajstić information content (AvgIpc) is 3.69. The van der Waals surface area contributed by atoms with Crippen molar-refractivity contribution < 1.29 is 28.2 Å². The van der Waals surface area contributed by atoms with Crippen molar-refractivity contribution in [2.45, 2.75) is 16.1 Å². The number of benzene rings is 3. The third-order valence-corrected chi connectivity index (χ3v) is 8.52. The monoisotopic (exact) mass is 573 g/mol. The van der Waals surface area contributed by atoms with Crippen LogP contribution in [0.3, 0.4) is 0 Å². The van der Waals surface area contributed by atoms with Crippen molar-refractivity contribution in [1.29, 1.82) is 0 Å². The summed E-state index contributed by atoms with van der Waals surface area (Å²) in [6.07, 6.45) is 0. The van der Waals surface area contributed by atoms with Gasteiger partial charge >= 0.3 is 0 Å². The second-order valence-corrected chi connectivity index (χ2v) is 11.0. The lowest BCUT2D eigenvalue weighted by Crippen LogP contribution is -2.31. The quantitative estimate of drug-likeness (QED) is 0.127. The van der Waals surface area contributed by atoms with Crippen LogP contribution in [0.1, 0.15) is 27.7 Å². The molecule has 200 valence electrons. The van der Waals surface area contributed by atoms with Crippen LogP contribution in [-0.4, -0.2) is 34.1 Å². The Bertz CT molecular complexity index is 1770. The summed E-state index contributed by atoms with van der Waals surface area (Å²) in [5.41, 5.74) is 1.77. The number of methoxy groups -OCH3 is 1. The normalized spacial score (nSPS) is 15.3. The molecular formula is C29H20FN3O5S2. The molecule has 1 unspecified atom stereocenters. The van der Waals surface area contributed by atoms with Gasteiger partial charge in [-0.2, -0.15) is 0 Å². The Labute approximate surface area is 235 Å². The number of Topliss-reactive ketones (excluding diaryl/α,β-unsaturated/α-hetero) is 1. The number of fused-ring (bicyclic) bond motifs is 1. The maximum atomic E-state index is 13.8. The van der Waals surface area contributed by atoms with Gasteiger partial charge in [-0.1, -0.05) is 77.7 Å². The van der Waals surface area contributed by atoms with Crippen molar-refractivity contribution in [3.05, 3.63) is 113 Å². The Balaban J connectivity index is 1.35.